The zero-order valence-corrected chi connectivity index (χ0v) is 13.9. The molecule has 3 nitrogen and oxygen atoms in total. The highest BCUT2D eigenvalue weighted by Crippen LogP contribution is 2.16. The van der Waals surface area contributed by atoms with Crippen molar-refractivity contribution in [3.8, 4) is 0 Å². The van der Waals surface area contributed by atoms with E-state index in [9.17, 15) is 0 Å². The number of nitrogens with zero attached hydrogens (tertiary/aromatic N) is 1. The molecule has 1 N–H and O–H groups in total. The van der Waals surface area contributed by atoms with Gasteiger partial charge < -0.3 is 10.1 Å². The maximum Gasteiger partial charge on any atom is 0.0754 e. The van der Waals surface area contributed by atoms with E-state index in [0.717, 1.165) is 29.7 Å². The lowest BCUT2D eigenvalue weighted by Crippen LogP contribution is -2.45. The van der Waals surface area contributed by atoms with E-state index in [1.807, 2.05) is 12.3 Å². The lowest BCUT2D eigenvalue weighted by Gasteiger charge is -2.30. The average molecular weight is 329 g/mol. The quantitative estimate of drug-likeness (QED) is 0.793. The molecule has 19 heavy (non-hydrogen) atoms. The first-order valence-electron chi connectivity index (χ1n) is 7.03. The van der Waals surface area contributed by atoms with Gasteiger partial charge in [-0.05, 0) is 47.4 Å². The molecule has 1 rings (SSSR count). The Morgan fingerprint density at radius 1 is 1.32 bits per heavy atom. The van der Waals surface area contributed by atoms with Crippen LogP contribution in [0.4, 0.5) is 0 Å². The third-order valence-corrected chi connectivity index (χ3v) is 3.57. The predicted molar refractivity (Wildman–Crippen MR) is 83.4 cm³/mol. The molecule has 2 unspecified atom stereocenters. The second-order valence-electron chi connectivity index (χ2n) is 5.00. The highest BCUT2D eigenvalue weighted by atomic mass is 79.9. The molecule has 0 aliphatic rings. The molecule has 0 bridgehead atoms. The molecular weight excluding hydrogens is 304 g/mol. The molecule has 0 saturated carbocycles. The third kappa shape index (κ3) is 5.59. The van der Waals surface area contributed by atoms with E-state index in [4.69, 9.17) is 4.74 Å². The number of aromatic nitrogens is 1. The summed E-state index contributed by atoms with van der Waals surface area (Å²) in [6.45, 7) is 10.3. The summed E-state index contributed by atoms with van der Waals surface area (Å²) < 4.78 is 6.93. The standard InChI is InChI=1S/C15H25BrN2O/c1-5-17-14(15(11(3)4)19-6-2)9-13-8-7-12(16)10-18-13/h7-8,10-11,14-15,17H,5-6,9H2,1-4H3. The van der Waals surface area contributed by atoms with Gasteiger partial charge in [-0.25, -0.2) is 0 Å². The van der Waals surface area contributed by atoms with E-state index in [1.165, 1.54) is 0 Å². The number of likely N-dealkylation sites (N-methyl/N-ethyl adjacent to an activating group) is 1. The van der Waals surface area contributed by atoms with Gasteiger partial charge in [0, 0.05) is 35.4 Å². The van der Waals surface area contributed by atoms with Crippen LogP contribution in [0.15, 0.2) is 22.8 Å². The molecule has 0 spiro atoms. The molecule has 0 aliphatic heterocycles. The van der Waals surface area contributed by atoms with Crippen molar-refractivity contribution in [2.45, 2.75) is 46.3 Å². The molecule has 4 heteroatoms. The van der Waals surface area contributed by atoms with E-state index in [2.05, 4.69) is 60.0 Å². The predicted octanol–water partition coefficient (Wildman–Crippen LogP) is 3.43. The van der Waals surface area contributed by atoms with E-state index in [1.54, 1.807) is 0 Å². The van der Waals surface area contributed by atoms with Crippen molar-refractivity contribution in [1.82, 2.24) is 10.3 Å². The Labute approximate surface area is 125 Å². The molecule has 0 amide bonds. The summed E-state index contributed by atoms with van der Waals surface area (Å²) in [6, 6.07) is 4.41. The number of pyridine rings is 1. The molecule has 0 aromatic carbocycles. The molecule has 1 heterocycles. The third-order valence-electron chi connectivity index (χ3n) is 3.10. The zero-order valence-electron chi connectivity index (χ0n) is 12.3. The lowest BCUT2D eigenvalue weighted by atomic mass is 9.95. The van der Waals surface area contributed by atoms with E-state index < -0.39 is 0 Å². The Morgan fingerprint density at radius 3 is 2.53 bits per heavy atom. The maximum absolute atomic E-state index is 5.91. The van der Waals surface area contributed by atoms with Crippen LogP contribution in [0.1, 0.15) is 33.4 Å². The second kappa shape index (κ2) is 8.67. The minimum Gasteiger partial charge on any atom is -0.377 e. The van der Waals surface area contributed by atoms with Crippen LogP contribution in [0.5, 0.6) is 0 Å². The Morgan fingerprint density at radius 2 is 2.05 bits per heavy atom. The number of hydrogen-bond donors (Lipinski definition) is 1. The van der Waals surface area contributed by atoms with Gasteiger partial charge in [0.05, 0.1) is 6.10 Å². The maximum atomic E-state index is 5.91. The van der Waals surface area contributed by atoms with Gasteiger partial charge in [0.1, 0.15) is 0 Å². The number of ether oxygens (including phenoxy) is 1. The van der Waals surface area contributed by atoms with Gasteiger partial charge >= 0.3 is 0 Å². The number of rotatable bonds is 8. The van der Waals surface area contributed by atoms with Crippen LogP contribution in [0.2, 0.25) is 0 Å². The first-order valence-corrected chi connectivity index (χ1v) is 7.83. The average Bonchev–Trinajstić information content (AvgIpc) is 2.38. The Balaban J connectivity index is 2.77. The highest BCUT2D eigenvalue weighted by molar-refractivity contribution is 9.10. The largest absolute Gasteiger partial charge is 0.377 e. The molecular formula is C15H25BrN2O. The fourth-order valence-electron chi connectivity index (χ4n) is 2.28. The topological polar surface area (TPSA) is 34.2 Å². The molecule has 0 saturated heterocycles. The van der Waals surface area contributed by atoms with Crippen molar-refractivity contribution >= 4 is 15.9 Å². The van der Waals surface area contributed by atoms with Crippen molar-refractivity contribution in [3.05, 3.63) is 28.5 Å². The first kappa shape index (κ1) is 16.6. The first-order chi connectivity index (χ1) is 9.08. The van der Waals surface area contributed by atoms with Crippen molar-refractivity contribution in [3.63, 3.8) is 0 Å². The van der Waals surface area contributed by atoms with Crippen LogP contribution in [0.25, 0.3) is 0 Å². The van der Waals surface area contributed by atoms with Crippen LogP contribution in [0.3, 0.4) is 0 Å². The van der Waals surface area contributed by atoms with Crippen molar-refractivity contribution in [2.75, 3.05) is 13.2 Å². The van der Waals surface area contributed by atoms with Crippen LogP contribution in [-0.4, -0.2) is 30.3 Å². The SMILES string of the molecule is CCNC(Cc1ccc(Br)cn1)C(OCC)C(C)C. The van der Waals surface area contributed by atoms with E-state index >= 15 is 0 Å². The molecule has 0 radical (unpaired) electrons. The minimum atomic E-state index is 0.218. The zero-order chi connectivity index (χ0) is 14.3. The van der Waals surface area contributed by atoms with Crippen LogP contribution in [-0.2, 0) is 11.2 Å². The van der Waals surface area contributed by atoms with E-state index in [-0.39, 0.29) is 6.10 Å². The van der Waals surface area contributed by atoms with Crippen molar-refractivity contribution in [1.29, 1.82) is 0 Å². The molecule has 1 aromatic rings. The summed E-state index contributed by atoms with van der Waals surface area (Å²) in [5.41, 5.74) is 1.10. The molecule has 1 aromatic heterocycles. The van der Waals surface area contributed by atoms with Gasteiger partial charge in [0.25, 0.3) is 0 Å². The van der Waals surface area contributed by atoms with Gasteiger partial charge in [-0.1, -0.05) is 20.8 Å². The Bertz CT molecular complexity index is 354. The lowest BCUT2D eigenvalue weighted by molar-refractivity contribution is 0.00374. The van der Waals surface area contributed by atoms with Gasteiger partial charge in [-0.15, -0.1) is 0 Å². The second-order valence-corrected chi connectivity index (χ2v) is 5.92. The highest BCUT2D eigenvalue weighted by Gasteiger charge is 2.24. The molecule has 0 fully saturated rings. The minimum absolute atomic E-state index is 0.218. The number of hydrogen-bond acceptors (Lipinski definition) is 3. The van der Waals surface area contributed by atoms with Crippen molar-refractivity contribution < 1.29 is 4.74 Å². The fourth-order valence-corrected chi connectivity index (χ4v) is 2.52. The summed E-state index contributed by atoms with van der Waals surface area (Å²) in [7, 11) is 0. The van der Waals surface area contributed by atoms with Crippen LogP contribution in [0, 0.1) is 5.92 Å². The van der Waals surface area contributed by atoms with Crippen LogP contribution < -0.4 is 5.32 Å². The summed E-state index contributed by atoms with van der Waals surface area (Å²) in [4.78, 5) is 4.46. The Kier molecular flexibility index (Phi) is 7.57. The Hall–Kier alpha value is -0.450. The smallest absolute Gasteiger partial charge is 0.0754 e. The number of nitrogens with one attached hydrogen (secondary N) is 1. The monoisotopic (exact) mass is 328 g/mol. The van der Waals surface area contributed by atoms with Crippen molar-refractivity contribution in [2.24, 2.45) is 5.92 Å². The van der Waals surface area contributed by atoms with Gasteiger partial charge in [-0.3, -0.25) is 4.98 Å². The van der Waals surface area contributed by atoms with Gasteiger partial charge in [0.2, 0.25) is 0 Å². The molecule has 2 atom stereocenters. The summed E-state index contributed by atoms with van der Waals surface area (Å²) in [5, 5.41) is 3.54. The van der Waals surface area contributed by atoms with E-state index in [0.29, 0.717) is 12.0 Å². The van der Waals surface area contributed by atoms with Gasteiger partial charge in [-0.2, -0.15) is 0 Å². The number of halogens is 1. The van der Waals surface area contributed by atoms with Crippen LogP contribution >= 0.6 is 15.9 Å². The summed E-state index contributed by atoms with van der Waals surface area (Å²) in [6.07, 6.45) is 2.96. The molecule has 108 valence electrons. The summed E-state index contributed by atoms with van der Waals surface area (Å²) in [5.74, 6) is 0.486. The summed E-state index contributed by atoms with van der Waals surface area (Å²) >= 11 is 3.42. The van der Waals surface area contributed by atoms with Gasteiger partial charge in [0.15, 0.2) is 0 Å². The fraction of sp³-hybridized carbons (Fsp3) is 0.667. The molecule has 0 aliphatic carbocycles. The normalized spacial score (nSPS) is 14.6.